The Balaban J connectivity index is 1.88. The highest BCUT2D eigenvalue weighted by molar-refractivity contribution is 6.09. The molecule has 1 heterocycles. The smallest absolute Gasteiger partial charge is 0.416 e. The lowest BCUT2D eigenvalue weighted by atomic mass is 9.82. The van der Waals surface area contributed by atoms with E-state index in [0.717, 1.165) is 12.1 Å². The molecule has 0 radical (unpaired) electrons. The normalized spacial score (nSPS) is 20.3. The molecular weight excluding hydrogens is 371 g/mol. The summed E-state index contributed by atoms with van der Waals surface area (Å²) in [4.78, 5) is 16.6. The largest absolute Gasteiger partial charge is 0.497 e. The van der Waals surface area contributed by atoms with Crippen molar-refractivity contribution in [2.45, 2.75) is 24.6 Å². The topological polar surface area (TPSA) is 47.9 Å². The zero-order valence-electron chi connectivity index (χ0n) is 15.3. The first kappa shape index (κ1) is 19.7. The van der Waals surface area contributed by atoms with Crippen LogP contribution in [0.3, 0.4) is 0 Å². The van der Waals surface area contributed by atoms with Crippen molar-refractivity contribution in [1.29, 1.82) is 0 Å². The molecule has 0 unspecified atom stereocenters. The van der Waals surface area contributed by atoms with Crippen molar-refractivity contribution in [1.82, 2.24) is 0 Å². The summed E-state index contributed by atoms with van der Waals surface area (Å²) in [6.45, 7) is 5.29. The fourth-order valence-corrected chi connectivity index (χ4v) is 3.08. The molecule has 0 saturated carbocycles. The van der Waals surface area contributed by atoms with Crippen LogP contribution in [0, 0.1) is 0 Å². The minimum atomic E-state index is -4.43. The molecule has 1 aliphatic rings. The second-order valence-electron chi connectivity index (χ2n) is 6.49. The monoisotopic (exact) mass is 389 g/mol. The first-order valence-electron chi connectivity index (χ1n) is 8.45. The number of hydrogen-bond acceptors (Lipinski definition) is 3. The zero-order chi connectivity index (χ0) is 20.5. The lowest BCUT2D eigenvalue weighted by molar-refractivity contribution is -0.137. The van der Waals surface area contributed by atoms with Crippen molar-refractivity contribution in [3.63, 3.8) is 0 Å². The van der Waals surface area contributed by atoms with Crippen LogP contribution in [-0.4, -0.2) is 24.5 Å². The van der Waals surface area contributed by atoms with Gasteiger partial charge in [-0.1, -0.05) is 18.2 Å². The number of carbonyl (C=O) groups is 1. The van der Waals surface area contributed by atoms with Gasteiger partial charge in [-0.3, -0.25) is 4.79 Å². The van der Waals surface area contributed by atoms with Crippen molar-refractivity contribution < 1.29 is 27.4 Å². The van der Waals surface area contributed by atoms with Crippen LogP contribution in [0.15, 0.2) is 66.2 Å². The molecule has 28 heavy (non-hydrogen) atoms. The predicted molar refractivity (Wildman–Crippen MR) is 98.4 cm³/mol. The second kappa shape index (κ2) is 7.14. The van der Waals surface area contributed by atoms with Gasteiger partial charge in [-0.25, -0.2) is 0 Å². The van der Waals surface area contributed by atoms with Crippen LogP contribution in [0.25, 0.3) is 0 Å². The number of amides is 1. The molecule has 0 spiro atoms. The number of halogens is 3. The Morgan fingerprint density at radius 1 is 1.14 bits per heavy atom. The fraction of sp³-hybridized carbons (Fsp3) is 0.238. The van der Waals surface area contributed by atoms with E-state index in [1.165, 1.54) is 25.3 Å². The third kappa shape index (κ3) is 3.52. The van der Waals surface area contributed by atoms with Crippen LogP contribution < -0.4 is 4.74 Å². The van der Waals surface area contributed by atoms with Crippen LogP contribution in [0.2, 0.25) is 0 Å². The number of hydrogen-bond donors (Lipinski definition) is 0. The highest BCUT2D eigenvalue weighted by atomic mass is 19.4. The summed E-state index contributed by atoms with van der Waals surface area (Å²) in [7, 11) is 1.54. The Morgan fingerprint density at radius 3 is 2.25 bits per heavy atom. The SMILES string of the molecule is C=C[C@H](c1ccc(C(F)(F)F)cc1)[C@@]1(C)OC(c2ccc(OC)cc2)=NC1=O. The predicted octanol–water partition coefficient (Wildman–Crippen LogP) is 4.75. The third-order valence-electron chi connectivity index (χ3n) is 4.70. The standard InChI is InChI=1S/C21H18F3NO3/c1-4-17(13-5-9-15(10-6-13)21(22,23)24)20(2)19(26)25-18(28-20)14-7-11-16(27-3)12-8-14/h4-12,17H,1H2,2-3H3/t17-,20-/m1/s1. The molecule has 0 saturated heterocycles. The van der Waals surface area contributed by atoms with E-state index < -0.39 is 29.2 Å². The average Bonchev–Trinajstić information content (AvgIpc) is 2.97. The van der Waals surface area contributed by atoms with Gasteiger partial charge in [-0.05, 0) is 48.9 Å². The molecule has 146 valence electrons. The molecule has 0 bridgehead atoms. The Morgan fingerprint density at radius 2 is 1.75 bits per heavy atom. The molecule has 1 amide bonds. The van der Waals surface area contributed by atoms with E-state index in [2.05, 4.69) is 11.6 Å². The number of ether oxygens (including phenoxy) is 2. The molecule has 4 nitrogen and oxygen atoms in total. The van der Waals surface area contributed by atoms with E-state index in [0.29, 0.717) is 16.9 Å². The van der Waals surface area contributed by atoms with Gasteiger partial charge in [-0.2, -0.15) is 18.2 Å². The fourth-order valence-electron chi connectivity index (χ4n) is 3.08. The van der Waals surface area contributed by atoms with E-state index in [1.807, 2.05) is 0 Å². The molecule has 0 N–H and O–H groups in total. The average molecular weight is 389 g/mol. The molecule has 2 atom stereocenters. The van der Waals surface area contributed by atoms with Gasteiger partial charge < -0.3 is 9.47 Å². The Labute approximate surface area is 160 Å². The van der Waals surface area contributed by atoms with Crippen molar-refractivity contribution >= 4 is 11.8 Å². The Hall–Kier alpha value is -3.09. The summed E-state index contributed by atoms with van der Waals surface area (Å²) in [6.07, 6.45) is -2.95. The van der Waals surface area contributed by atoms with E-state index in [9.17, 15) is 18.0 Å². The minimum absolute atomic E-state index is 0.147. The Kier molecular flexibility index (Phi) is 5.02. The first-order valence-corrected chi connectivity index (χ1v) is 8.45. The molecule has 0 aromatic heterocycles. The summed E-state index contributed by atoms with van der Waals surface area (Å²) in [5.41, 5.74) is -1.10. The highest BCUT2D eigenvalue weighted by Gasteiger charge is 2.48. The van der Waals surface area contributed by atoms with E-state index in [1.54, 1.807) is 31.2 Å². The number of rotatable bonds is 5. The minimum Gasteiger partial charge on any atom is -0.497 e. The zero-order valence-corrected chi connectivity index (χ0v) is 15.3. The van der Waals surface area contributed by atoms with Gasteiger partial charge in [0.2, 0.25) is 5.90 Å². The number of nitrogens with zero attached hydrogens (tertiary/aromatic N) is 1. The maximum Gasteiger partial charge on any atom is 0.416 e. The summed E-state index contributed by atoms with van der Waals surface area (Å²) < 4.78 is 49.4. The number of carbonyl (C=O) groups excluding carboxylic acids is 1. The van der Waals surface area contributed by atoms with Crippen molar-refractivity contribution in [3.05, 3.63) is 77.9 Å². The number of methoxy groups -OCH3 is 1. The number of benzene rings is 2. The molecule has 2 aromatic rings. The van der Waals surface area contributed by atoms with E-state index in [-0.39, 0.29) is 5.90 Å². The van der Waals surface area contributed by atoms with Gasteiger partial charge in [0.05, 0.1) is 18.6 Å². The van der Waals surface area contributed by atoms with Crippen LogP contribution in [0.5, 0.6) is 5.75 Å². The molecule has 2 aromatic carbocycles. The lowest BCUT2D eigenvalue weighted by Crippen LogP contribution is -2.39. The van der Waals surface area contributed by atoms with E-state index >= 15 is 0 Å². The van der Waals surface area contributed by atoms with Gasteiger partial charge in [0, 0.05) is 5.56 Å². The molecule has 0 aliphatic carbocycles. The number of aliphatic imine (C=N–C) groups is 1. The third-order valence-corrected chi connectivity index (χ3v) is 4.70. The van der Waals surface area contributed by atoms with Crippen LogP contribution in [0.1, 0.15) is 29.5 Å². The van der Waals surface area contributed by atoms with Gasteiger partial charge in [-0.15, -0.1) is 6.58 Å². The maximum atomic E-state index is 12.8. The highest BCUT2D eigenvalue weighted by Crippen LogP contribution is 2.39. The molecule has 7 heteroatoms. The molecule has 0 fully saturated rings. The van der Waals surface area contributed by atoms with Crippen LogP contribution >= 0.6 is 0 Å². The maximum absolute atomic E-state index is 12.8. The summed E-state index contributed by atoms with van der Waals surface area (Å²) in [6, 6.07) is 11.4. The van der Waals surface area contributed by atoms with Crippen molar-refractivity contribution in [3.8, 4) is 5.75 Å². The molecule has 3 rings (SSSR count). The quantitative estimate of drug-likeness (QED) is 0.694. The molecular formula is C21H18F3NO3. The van der Waals surface area contributed by atoms with Gasteiger partial charge >= 0.3 is 6.18 Å². The Bertz CT molecular complexity index is 917. The van der Waals surface area contributed by atoms with Gasteiger partial charge in [0.25, 0.3) is 5.91 Å². The second-order valence-corrected chi connectivity index (χ2v) is 6.49. The van der Waals surface area contributed by atoms with E-state index in [4.69, 9.17) is 9.47 Å². The van der Waals surface area contributed by atoms with Crippen molar-refractivity contribution in [2.24, 2.45) is 4.99 Å². The van der Waals surface area contributed by atoms with Gasteiger partial charge in [0.15, 0.2) is 5.60 Å². The van der Waals surface area contributed by atoms with Gasteiger partial charge in [0.1, 0.15) is 5.75 Å². The van der Waals surface area contributed by atoms with Crippen LogP contribution in [-0.2, 0) is 15.7 Å². The number of alkyl halides is 3. The van der Waals surface area contributed by atoms with Crippen molar-refractivity contribution in [2.75, 3.05) is 7.11 Å². The molecule has 1 aliphatic heterocycles. The summed E-state index contributed by atoms with van der Waals surface area (Å²) >= 11 is 0. The lowest BCUT2D eigenvalue weighted by Gasteiger charge is -2.29. The summed E-state index contributed by atoms with van der Waals surface area (Å²) in [5.74, 6) is -0.413. The summed E-state index contributed by atoms with van der Waals surface area (Å²) in [5, 5.41) is 0. The van der Waals surface area contributed by atoms with Crippen LogP contribution in [0.4, 0.5) is 13.2 Å². The first-order chi connectivity index (χ1) is 13.2.